The molecule has 0 fully saturated rings. The number of aryl methyl sites for hydroxylation is 1. The Morgan fingerprint density at radius 2 is 1.48 bits per heavy atom. The van der Waals surface area contributed by atoms with Gasteiger partial charge in [0, 0.05) is 17.5 Å². The van der Waals surface area contributed by atoms with Crippen molar-refractivity contribution in [1.82, 2.24) is 20.3 Å². The molecule has 0 saturated carbocycles. The maximum atomic E-state index is 12.0. The topological polar surface area (TPSA) is 104 Å². The molecule has 0 spiro atoms. The standard InChI is InChI=1S/C23H22N4O4/c1-15(2)16-8-10-18(11-9-16)23-25-20(31-27-23)14-29-21(28)13-12-19-24-22(26-30-19)17-6-4-3-5-7-17/h3-11,15H,12-14H2,1-2H3. The van der Waals surface area contributed by atoms with E-state index in [9.17, 15) is 4.79 Å². The summed E-state index contributed by atoms with van der Waals surface area (Å²) in [6.07, 6.45) is 0.393. The average Bonchev–Trinajstić information content (AvgIpc) is 3.47. The van der Waals surface area contributed by atoms with Crippen molar-refractivity contribution in [3.63, 3.8) is 0 Å². The lowest BCUT2D eigenvalue weighted by Gasteiger charge is -2.04. The van der Waals surface area contributed by atoms with Gasteiger partial charge in [-0.3, -0.25) is 4.79 Å². The average molecular weight is 418 g/mol. The van der Waals surface area contributed by atoms with Crippen LogP contribution in [0.4, 0.5) is 0 Å². The summed E-state index contributed by atoms with van der Waals surface area (Å²) in [5.74, 6) is 1.59. The van der Waals surface area contributed by atoms with E-state index >= 15 is 0 Å². The van der Waals surface area contributed by atoms with E-state index in [1.54, 1.807) is 0 Å². The molecule has 8 nitrogen and oxygen atoms in total. The quantitative estimate of drug-likeness (QED) is 0.383. The molecule has 0 bridgehead atoms. The van der Waals surface area contributed by atoms with E-state index in [0.29, 0.717) is 23.5 Å². The minimum Gasteiger partial charge on any atom is -0.456 e. The Hall–Kier alpha value is -3.81. The van der Waals surface area contributed by atoms with Crippen molar-refractivity contribution in [2.45, 2.75) is 39.2 Å². The van der Waals surface area contributed by atoms with Gasteiger partial charge < -0.3 is 13.8 Å². The van der Waals surface area contributed by atoms with Crippen LogP contribution in [-0.4, -0.2) is 26.3 Å². The van der Waals surface area contributed by atoms with E-state index in [1.165, 1.54) is 5.56 Å². The smallest absolute Gasteiger partial charge is 0.306 e. The van der Waals surface area contributed by atoms with Crippen LogP contribution in [0, 0.1) is 0 Å². The second-order valence-corrected chi connectivity index (χ2v) is 7.33. The summed E-state index contributed by atoms with van der Waals surface area (Å²) in [6.45, 7) is 4.18. The molecule has 0 amide bonds. The van der Waals surface area contributed by atoms with Crippen molar-refractivity contribution in [3.05, 3.63) is 71.9 Å². The largest absolute Gasteiger partial charge is 0.456 e. The van der Waals surface area contributed by atoms with Crippen LogP contribution in [-0.2, 0) is 22.6 Å². The number of nitrogens with zero attached hydrogens (tertiary/aromatic N) is 4. The van der Waals surface area contributed by atoms with Crippen LogP contribution >= 0.6 is 0 Å². The van der Waals surface area contributed by atoms with Gasteiger partial charge in [0.2, 0.25) is 17.5 Å². The van der Waals surface area contributed by atoms with Crippen LogP contribution in [0.3, 0.4) is 0 Å². The summed E-state index contributed by atoms with van der Waals surface area (Å²) in [5.41, 5.74) is 2.93. The van der Waals surface area contributed by atoms with E-state index in [2.05, 4.69) is 34.1 Å². The van der Waals surface area contributed by atoms with Crippen LogP contribution in [0.25, 0.3) is 22.8 Å². The maximum absolute atomic E-state index is 12.0. The van der Waals surface area contributed by atoms with Crippen molar-refractivity contribution >= 4 is 5.97 Å². The van der Waals surface area contributed by atoms with Crippen LogP contribution < -0.4 is 0 Å². The molecule has 0 aliphatic rings. The molecule has 4 rings (SSSR count). The van der Waals surface area contributed by atoms with Gasteiger partial charge in [0.25, 0.3) is 5.89 Å². The van der Waals surface area contributed by atoms with Crippen molar-refractivity contribution < 1.29 is 18.6 Å². The minimum absolute atomic E-state index is 0.0883. The molecule has 0 saturated heterocycles. The molecule has 2 aromatic carbocycles. The summed E-state index contributed by atoms with van der Waals surface area (Å²) >= 11 is 0. The maximum Gasteiger partial charge on any atom is 0.306 e. The predicted molar refractivity (Wildman–Crippen MR) is 112 cm³/mol. The first-order chi connectivity index (χ1) is 15.1. The Kier molecular flexibility index (Phi) is 6.16. The van der Waals surface area contributed by atoms with Crippen LogP contribution in [0.15, 0.2) is 63.6 Å². The monoisotopic (exact) mass is 418 g/mol. The normalized spacial score (nSPS) is 11.1. The molecule has 0 aliphatic heterocycles. The summed E-state index contributed by atoms with van der Waals surface area (Å²) < 4.78 is 15.6. The van der Waals surface area contributed by atoms with Crippen LogP contribution in [0.2, 0.25) is 0 Å². The molecule has 4 aromatic rings. The number of ether oxygens (including phenoxy) is 1. The predicted octanol–water partition coefficient (Wildman–Crippen LogP) is 4.59. The van der Waals surface area contributed by atoms with Crippen LogP contribution in [0.5, 0.6) is 0 Å². The first-order valence-electron chi connectivity index (χ1n) is 10.0. The van der Waals surface area contributed by atoms with Crippen molar-refractivity contribution in [1.29, 1.82) is 0 Å². The lowest BCUT2D eigenvalue weighted by molar-refractivity contribution is -0.145. The SMILES string of the molecule is CC(C)c1ccc(-c2noc(COC(=O)CCc3nc(-c4ccccc4)no3)n2)cc1. The van der Waals surface area contributed by atoms with Gasteiger partial charge in [-0.1, -0.05) is 78.8 Å². The molecule has 0 atom stereocenters. The molecule has 0 aliphatic carbocycles. The Morgan fingerprint density at radius 3 is 2.16 bits per heavy atom. The second kappa shape index (κ2) is 9.34. The molecule has 0 radical (unpaired) electrons. The van der Waals surface area contributed by atoms with E-state index in [0.717, 1.165) is 11.1 Å². The molecular formula is C23H22N4O4. The lowest BCUT2D eigenvalue weighted by atomic mass is 10.0. The zero-order valence-electron chi connectivity index (χ0n) is 17.3. The highest BCUT2D eigenvalue weighted by Crippen LogP contribution is 2.21. The third-order valence-corrected chi connectivity index (χ3v) is 4.70. The van der Waals surface area contributed by atoms with Crippen molar-refractivity contribution in [2.24, 2.45) is 0 Å². The van der Waals surface area contributed by atoms with Gasteiger partial charge in [0.1, 0.15) is 0 Å². The third-order valence-electron chi connectivity index (χ3n) is 4.70. The Labute approximate surface area is 179 Å². The van der Waals surface area contributed by atoms with Gasteiger partial charge in [-0.15, -0.1) is 0 Å². The number of carbonyl (C=O) groups excluding carboxylic acids is 1. The molecule has 8 heteroatoms. The summed E-state index contributed by atoms with van der Waals surface area (Å²) in [5, 5.41) is 7.89. The van der Waals surface area contributed by atoms with E-state index in [1.807, 2.05) is 54.6 Å². The summed E-state index contributed by atoms with van der Waals surface area (Å²) in [6, 6.07) is 17.5. The van der Waals surface area contributed by atoms with Gasteiger partial charge >= 0.3 is 5.97 Å². The summed E-state index contributed by atoms with van der Waals surface area (Å²) in [4.78, 5) is 20.6. The van der Waals surface area contributed by atoms with Gasteiger partial charge in [-0.05, 0) is 11.5 Å². The fraction of sp³-hybridized carbons (Fsp3) is 0.261. The van der Waals surface area contributed by atoms with Gasteiger partial charge in [0.15, 0.2) is 6.61 Å². The van der Waals surface area contributed by atoms with Gasteiger partial charge in [-0.2, -0.15) is 9.97 Å². The zero-order valence-corrected chi connectivity index (χ0v) is 17.3. The fourth-order valence-electron chi connectivity index (χ4n) is 2.93. The number of hydrogen-bond donors (Lipinski definition) is 0. The van der Waals surface area contributed by atoms with Crippen molar-refractivity contribution in [2.75, 3.05) is 0 Å². The Morgan fingerprint density at radius 1 is 0.871 bits per heavy atom. The molecule has 0 N–H and O–H groups in total. The van der Waals surface area contributed by atoms with Gasteiger partial charge in [0.05, 0.1) is 6.42 Å². The number of esters is 1. The van der Waals surface area contributed by atoms with E-state index in [-0.39, 0.29) is 25.3 Å². The Bertz CT molecular complexity index is 1130. The second-order valence-electron chi connectivity index (χ2n) is 7.33. The molecule has 2 aromatic heterocycles. The first kappa shape index (κ1) is 20.5. The molecule has 31 heavy (non-hydrogen) atoms. The molecular weight excluding hydrogens is 396 g/mol. The fourth-order valence-corrected chi connectivity index (χ4v) is 2.93. The number of benzene rings is 2. The van der Waals surface area contributed by atoms with Crippen molar-refractivity contribution in [3.8, 4) is 22.8 Å². The first-order valence-corrected chi connectivity index (χ1v) is 10.0. The minimum atomic E-state index is -0.416. The Balaban J connectivity index is 1.26. The van der Waals surface area contributed by atoms with Gasteiger partial charge in [-0.25, -0.2) is 0 Å². The molecule has 0 unspecified atom stereocenters. The lowest BCUT2D eigenvalue weighted by Crippen LogP contribution is -2.06. The third kappa shape index (κ3) is 5.22. The highest BCUT2D eigenvalue weighted by Gasteiger charge is 2.14. The summed E-state index contributed by atoms with van der Waals surface area (Å²) in [7, 11) is 0. The number of rotatable bonds is 8. The highest BCUT2D eigenvalue weighted by atomic mass is 16.6. The number of aromatic nitrogens is 4. The zero-order chi connectivity index (χ0) is 21.6. The number of carbonyl (C=O) groups is 1. The van der Waals surface area contributed by atoms with Crippen LogP contribution in [0.1, 0.15) is 43.5 Å². The van der Waals surface area contributed by atoms with E-state index in [4.69, 9.17) is 13.8 Å². The number of hydrogen-bond acceptors (Lipinski definition) is 8. The molecule has 158 valence electrons. The highest BCUT2D eigenvalue weighted by molar-refractivity contribution is 5.69. The molecule has 2 heterocycles. The van der Waals surface area contributed by atoms with E-state index < -0.39 is 5.97 Å².